The van der Waals surface area contributed by atoms with Crippen molar-refractivity contribution >= 4 is 38.6 Å². The van der Waals surface area contributed by atoms with Crippen LogP contribution in [0, 0.1) is 0 Å². The fourth-order valence-corrected chi connectivity index (χ4v) is 3.06. The second kappa shape index (κ2) is 7.67. The first kappa shape index (κ1) is 19.1. The quantitative estimate of drug-likeness (QED) is 0.465. The highest BCUT2D eigenvalue weighted by atomic mass is 79.9. The van der Waals surface area contributed by atoms with Gasteiger partial charge in [0.05, 0.1) is 5.69 Å². The fourth-order valence-electron chi connectivity index (χ4n) is 2.79. The first-order valence-electron chi connectivity index (χ1n) is 9.09. The number of para-hydroxylation sites is 1. The molecule has 0 aliphatic carbocycles. The number of aromatic nitrogens is 3. The van der Waals surface area contributed by atoms with Gasteiger partial charge in [0.2, 0.25) is 0 Å². The molecule has 1 N–H and O–H groups in total. The van der Waals surface area contributed by atoms with E-state index in [0.29, 0.717) is 17.0 Å². The number of rotatable bonds is 5. The number of nitrogens with one attached hydrogen (secondary N) is 1. The summed E-state index contributed by atoms with van der Waals surface area (Å²) < 4.78 is 6.82. The van der Waals surface area contributed by atoms with E-state index in [2.05, 4.69) is 31.4 Å². The van der Waals surface area contributed by atoms with Gasteiger partial charge in [0.1, 0.15) is 16.8 Å². The van der Waals surface area contributed by atoms with Gasteiger partial charge in [-0.1, -0.05) is 34.1 Å². The Morgan fingerprint density at radius 1 is 0.966 bits per heavy atom. The van der Waals surface area contributed by atoms with Crippen molar-refractivity contribution in [1.29, 1.82) is 0 Å². The highest BCUT2D eigenvalue weighted by molar-refractivity contribution is 9.10. The Labute approximate surface area is 176 Å². The smallest absolute Gasteiger partial charge is 0.267 e. The van der Waals surface area contributed by atoms with Crippen molar-refractivity contribution in [3.63, 3.8) is 0 Å². The number of hydrogen-bond donors (Lipinski definition) is 1. The molecular formula is C22H19BrN4O2. The Kier molecular flexibility index (Phi) is 5.07. The number of benzene rings is 3. The minimum atomic E-state index is -1.05. The van der Waals surface area contributed by atoms with Gasteiger partial charge in [0.25, 0.3) is 5.91 Å². The van der Waals surface area contributed by atoms with Crippen molar-refractivity contribution in [3.05, 3.63) is 77.3 Å². The topological polar surface area (TPSA) is 69.0 Å². The maximum Gasteiger partial charge on any atom is 0.267 e. The van der Waals surface area contributed by atoms with Gasteiger partial charge in [-0.2, -0.15) is 4.80 Å². The molecule has 0 aliphatic rings. The van der Waals surface area contributed by atoms with Crippen LogP contribution in [-0.4, -0.2) is 26.5 Å². The average molecular weight is 451 g/mol. The summed E-state index contributed by atoms with van der Waals surface area (Å²) in [6, 6.07) is 22.5. The Bertz CT molecular complexity index is 1150. The van der Waals surface area contributed by atoms with Gasteiger partial charge in [0.15, 0.2) is 5.60 Å². The van der Waals surface area contributed by atoms with Crippen LogP contribution in [0.5, 0.6) is 5.75 Å². The predicted molar refractivity (Wildman–Crippen MR) is 116 cm³/mol. The lowest BCUT2D eigenvalue weighted by Gasteiger charge is -2.25. The van der Waals surface area contributed by atoms with Gasteiger partial charge in [-0.3, -0.25) is 4.79 Å². The summed E-state index contributed by atoms with van der Waals surface area (Å²) in [5, 5.41) is 11.9. The third-order valence-electron chi connectivity index (χ3n) is 4.36. The Morgan fingerprint density at radius 2 is 1.66 bits per heavy atom. The molecule has 0 saturated heterocycles. The van der Waals surface area contributed by atoms with E-state index >= 15 is 0 Å². The second-order valence-electron chi connectivity index (χ2n) is 7.05. The molecule has 1 aromatic heterocycles. The molecule has 6 nitrogen and oxygen atoms in total. The molecule has 146 valence electrons. The van der Waals surface area contributed by atoms with Crippen LogP contribution in [0.4, 0.5) is 5.69 Å². The number of fused-ring (bicyclic) bond motifs is 1. The monoisotopic (exact) mass is 450 g/mol. The maximum absolute atomic E-state index is 12.8. The Morgan fingerprint density at radius 3 is 2.38 bits per heavy atom. The number of hydrogen-bond acceptors (Lipinski definition) is 4. The van der Waals surface area contributed by atoms with Crippen molar-refractivity contribution < 1.29 is 9.53 Å². The van der Waals surface area contributed by atoms with Crippen LogP contribution in [0.1, 0.15) is 13.8 Å². The third-order valence-corrected chi connectivity index (χ3v) is 4.89. The van der Waals surface area contributed by atoms with Gasteiger partial charge in [0, 0.05) is 10.2 Å². The fraction of sp³-hybridized carbons (Fsp3) is 0.136. The lowest BCUT2D eigenvalue weighted by atomic mass is 10.1. The van der Waals surface area contributed by atoms with Crippen LogP contribution in [0.15, 0.2) is 77.3 Å². The third kappa shape index (κ3) is 4.30. The van der Waals surface area contributed by atoms with E-state index in [0.717, 1.165) is 15.7 Å². The van der Waals surface area contributed by atoms with Crippen LogP contribution in [0.25, 0.3) is 16.7 Å². The number of anilines is 1. The lowest BCUT2D eigenvalue weighted by molar-refractivity contribution is -0.128. The summed E-state index contributed by atoms with van der Waals surface area (Å²) >= 11 is 3.39. The highest BCUT2D eigenvalue weighted by Crippen LogP contribution is 2.23. The zero-order valence-electron chi connectivity index (χ0n) is 16.0. The zero-order valence-corrected chi connectivity index (χ0v) is 17.6. The van der Waals surface area contributed by atoms with E-state index in [1.54, 1.807) is 30.8 Å². The van der Waals surface area contributed by atoms with Crippen LogP contribution in [-0.2, 0) is 4.79 Å². The van der Waals surface area contributed by atoms with Crippen molar-refractivity contribution in [2.24, 2.45) is 0 Å². The number of carbonyl (C=O) groups is 1. The molecule has 1 heterocycles. The summed E-state index contributed by atoms with van der Waals surface area (Å²) in [7, 11) is 0. The largest absolute Gasteiger partial charge is 0.478 e. The molecule has 0 spiro atoms. The predicted octanol–water partition coefficient (Wildman–Crippen LogP) is 4.98. The van der Waals surface area contributed by atoms with Crippen molar-refractivity contribution in [2.75, 3.05) is 5.32 Å². The van der Waals surface area contributed by atoms with Gasteiger partial charge >= 0.3 is 0 Å². The van der Waals surface area contributed by atoms with Gasteiger partial charge < -0.3 is 10.1 Å². The summed E-state index contributed by atoms with van der Waals surface area (Å²) in [6.07, 6.45) is 0. The van der Waals surface area contributed by atoms with E-state index in [-0.39, 0.29) is 5.91 Å². The molecule has 0 unspecified atom stereocenters. The van der Waals surface area contributed by atoms with E-state index in [1.807, 2.05) is 60.7 Å². The molecule has 29 heavy (non-hydrogen) atoms. The lowest BCUT2D eigenvalue weighted by Crippen LogP contribution is -2.42. The van der Waals surface area contributed by atoms with Crippen LogP contribution in [0.2, 0.25) is 0 Å². The minimum absolute atomic E-state index is 0.254. The molecule has 3 aromatic carbocycles. The van der Waals surface area contributed by atoms with Gasteiger partial charge in [-0.25, -0.2) is 0 Å². The van der Waals surface area contributed by atoms with Crippen molar-refractivity contribution in [3.8, 4) is 11.4 Å². The number of carbonyl (C=O) groups excluding carboxylic acids is 1. The molecule has 0 fully saturated rings. The molecule has 1 amide bonds. The molecule has 7 heteroatoms. The molecule has 0 radical (unpaired) electrons. The normalized spacial score (nSPS) is 11.4. The van der Waals surface area contributed by atoms with Crippen LogP contribution >= 0.6 is 15.9 Å². The molecule has 0 bridgehead atoms. The summed E-state index contributed by atoms with van der Waals surface area (Å²) in [4.78, 5) is 14.4. The zero-order chi connectivity index (χ0) is 20.4. The SMILES string of the molecule is CC(C)(Oc1ccc(Br)cc1)C(=O)Nc1ccc2nn(-c3ccccc3)nc2c1. The second-order valence-corrected chi connectivity index (χ2v) is 7.96. The first-order chi connectivity index (χ1) is 13.9. The van der Waals surface area contributed by atoms with E-state index < -0.39 is 5.60 Å². The number of nitrogens with zero attached hydrogens (tertiary/aromatic N) is 3. The molecule has 4 rings (SSSR count). The van der Waals surface area contributed by atoms with E-state index in [1.165, 1.54) is 0 Å². The molecule has 0 aliphatic heterocycles. The average Bonchev–Trinajstić information content (AvgIpc) is 3.14. The number of amides is 1. The van der Waals surface area contributed by atoms with Crippen LogP contribution in [0.3, 0.4) is 0 Å². The standard InChI is InChI=1S/C22H19BrN4O2/c1-22(2,29-18-11-8-15(23)9-12-18)21(28)24-16-10-13-19-20(14-16)26-27(25-19)17-6-4-3-5-7-17/h3-14H,1-2H3,(H,24,28). The molecular weight excluding hydrogens is 432 g/mol. The maximum atomic E-state index is 12.8. The first-order valence-corrected chi connectivity index (χ1v) is 9.89. The Balaban J connectivity index is 1.52. The molecule has 0 atom stereocenters. The molecule has 0 saturated carbocycles. The van der Waals surface area contributed by atoms with Crippen molar-refractivity contribution in [1.82, 2.24) is 15.0 Å². The summed E-state index contributed by atoms with van der Waals surface area (Å²) in [5.41, 5.74) is 1.90. The summed E-state index contributed by atoms with van der Waals surface area (Å²) in [6.45, 7) is 3.46. The number of ether oxygens (including phenoxy) is 1. The highest BCUT2D eigenvalue weighted by Gasteiger charge is 2.30. The van der Waals surface area contributed by atoms with E-state index in [4.69, 9.17) is 4.74 Å². The minimum Gasteiger partial charge on any atom is -0.478 e. The molecule has 4 aromatic rings. The van der Waals surface area contributed by atoms with Crippen LogP contribution < -0.4 is 10.1 Å². The van der Waals surface area contributed by atoms with E-state index in [9.17, 15) is 4.79 Å². The van der Waals surface area contributed by atoms with Gasteiger partial charge in [-0.15, -0.1) is 10.2 Å². The summed E-state index contributed by atoms with van der Waals surface area (Å²) in [5.74, 6) is 0.366. The number of halogens is 1. The van der Waals surface area contributed by atoms with Crippen molar-refractivity contribution in [2.45, 2.75) is 19.4 Å². The van der Waals surface area contributed by atoms with Gasteiger partial charge in [-0.05, 0) is 68.4 Å². The Hall–Kier alpha value is -3.19.